The van der Waals surface area contributed by atoms with Crippen molar-refractivity contribution in [3.63, 3.8) is 0 Å². The van der Waals surface area contributed by atoms with Crippen LogP contribution in [0.15, 0.2) is 0 Å². The predicted molar refractivity (Wildman–Crippen MR) is 69.3 cm³/mol. The van der Waals surface area contributed by atoms with Crippen molar-refractivity contribution in [3.8, 4) is 0 Å². The van der Waals surface area contributed by atoms with Crippen LogP contribution in [0.1, 0.15) is 39.0 Å². The molecule has 0 aliphatic carbocycles. The molecule has 0 bridgehead atoms. The molecule has 0 saturated carbocycles. The van der Waals surface area contributed by atoms with Gasteiger partial charge in [-0.25, -0.2) is 4.79 Å². The van der Waals surface area contributed by atoms with E-state index in [1.807, 2.05) is 0 Å². The standard InChI is InChI=1S/C13H24N2O3/c1-3-11(13(17)18)15(2)12(16)5-4-10-6-8-14-9-7-10/h10-11,14H,3-9H2,1-2H3,(H,17,18). The van der Waals surface area contributed by atoms with E-state index < -0.39 is 12.0 Å². The lowest BCUT2D eigenvalue weighted by atomic mass is 9.93. The van der Waals surface area contributed by atoms with E-state index in [0.29, 0.717) is 18.8 Å². The molecule has 1 amide bonds. The Hall–Kier alpha value is -1.10. The molecule has 1 unspecified atom stereocenters. The van der Waals surface area contributed by atoms with Gasteiger partial charge in [-0.1, -0.05) is 6.92 Å². The van der Waals surface area contributed by atoms with Gasteiger partial charge in [0, 0.05) is 13.5 Å². The summed E-state index contributed by atoms with van der Waals surface area (Å²) in [6.07, 6.45) is 4.02. The Labute approximate surface area is 109 Å². The highest BCUT2D eigenvalue weighted by Crippen LogP contribution is 2.18. The molecule has 18 heavy (non-hydrogen) atoms. The third-order valence-electron chi connectivity index (χ3n) is 3.76. The SMILES string of the molecule is CCC(C(=O)O)N(C)C(=O)CCC1CCNCC1. The summed E-state index contributed by atoms with van der Waals surface area (Å²) < 4.78 is 0. The van der Waals surface area contributed by atoms with Gasteiger partial charge in [-0.15, -0.1) is 0 Å². The van der Waals surface area contributed by atoms with Crippen molar-refractivity contribution in [3.05, 3.63) is 0 Å². The van der Waals surface area contributed by atoms with Crippen LogP contribution in [0.4, 0.5) is 0 Å². The van der Waals surface area contributed by atoms with Crippen LogP contribution in [0.25, 0.3) is 0 Å². The molecular weight excluding hydrogens is 232 g/mol. The molecule has 1 atom stereocenters. The molecule has 1 fully saturated rings. The first kappa shape index (κ1) is 15.0. The quantitative estimate of drug-likeness (QED) is 0.746. The molecule has 1 aliphatic rings. The highest BCUT2D eigenvalue weighted by atomic mass is 16.4. The summed E-state index contributed by atoms with van der Waals surface area (Å²) in [6, 6.07) is -0.689. The second-order valence-corrected chi connectivity index (χ2v) is 5.00. The van der Waals surface area contributed by atoms with E-state index in [1.54, 1.807) is 14.0 Å². The molecule has 2 N–H and O–H groups in total. The fourth-order valence-electron chi connectivity index (χ4n) is 2.46. The molecular formula is C13H24N2O3. The minimum atomic E-state index is -0.921. The number of carbonyl (C=O) groups excluding carboxylic acids is 1. The van der Waals surface area contributed by atoms with Gasteiger partial charge in [-0.2, -0.15) is 0 Å². The van der Waals surface area contributed by atoms with Crippen molar-refractivity contribution in [2.24, 2.45) is 5.92 Å². The molecule has 5 heteroatoms. The maximum absolute atomic E-state index is 11.9. The number of hydrogen-bond donors (Lipinski definition) is 2. The van der Waals surface area contributed by atoms with Gasteiger partial charge >= 0.3 is 5.97 Å². The summed E-state index contributed by atoms with van der Waals surface area (Å²) in [5.41, 5.74) is 0. The lowest BCUT2D eigenvalue weighted by Crippen LogP contribution is -2.42. The van der Waals surface area contributed by atoms with Gasteiger partial charge in [0.05, 0.1) is 0 Å². The zero-order valence-corrected chi connectivity index (χ0v) is 11.3. The first-order valence-electron chi connectivity index (χ1n) is 6.75. The zero-order valence-electron chi connectivity index (χ0n) is 11.3. The van der Waals surface area contributed by atoms with E-state index in [1.165, 1.54) is 4.90 Å². The van der Waals surface area contributed by atoms with Gasteiger partial charge in [0.1, 0.15) is 6.04 Å². The molecule has 104 valence electrons. The third kappa shape index (κ3) is 4.29. The van der Waals surface area contributed by atoms with Crippen LogP contribution in [0.5, 0.6) is 0 Å². The van der Waals surface area contributed by atoms with Crippen LogP contribution in [-0.4, -0.2) is 48.1 Å². The molecule has 5 nitrogen and oxygen atoms in total. The van der Waals surface area contributed by atoms with Crippen molar-refractivity contribution in [1.82, 2.24) is 10.2 Å². The Morgan fingerprint density at radius 2 is 2.00 bits per heavy atom. The zero-order chi connectivity index (χ0) is 13.5. The number of likely N-dealkylation sites (N-methyl/N-ethyl adjacent to an activating group) is 1. The fraction of sp³-hybridized carbons (Fsp3) is 0.846. The second-order valence-electron chi connectivity index (χ2n) is 5.00. The molecule has 1 rings (SSSR count). The summed E-state index contributed by atoms with van der Waals surface area (Å²) in [4.78, 5) is 24.3. The lowest BCUT2D eigenvalue weighted by molar-refractivity contribution is -0.149. The van der Waals surface area contributed by atoms with Crippen molar-refractivity contribution in [2.45, 2.75) is 45.1 Å². The van der Waals surface area contributed by atoms with Gasteiger partial charge in [0.15, 0.2) is 0 Å². The average molecular weight is 256 g/mol. The molecule has 0 aromatic rings. The summed E-state index contributed by atoms with van der Waals surface area (Å²) in [7, 11) is 1.59. The molecule has 0 spiro atoms. The number of nitrogens with one attached hydrogen (secondary N) is 1. The van der Waals surface area contributed by atoms with Gasteiger partial charge in [-0.05, 0) is 44.7 Å². The summed E-state index contributed by atoms with van der Waals surface area (Å²) in [5, 5.41) is 12.3. The number of nitrogens with zero attached hydrogens (tertiary/aromatic N) is 1. The Morgan fingerprint density at radius 1 is 1.39 bits per heavy atom. The number of carboxylic acids is 1. The molecule has 1 heterocycles. The second kappa shape index (κ2) is 7.36. The van der Waals surface area contributed by atoms with E-state index in [-0.39, 0.29) is 5.91 Å². The number of hydrogen-bond acceptors (Lipinski definition) is 3. The highest BCUT2D eigenvalue weighted by Gasteiger charge is 2.25. The Kier molecular flexibility index (Phi) is 6.12. The van der Waals surface area contributed by atoms with Crippen LogP contribution < -0.4 is 5.32 Å². The number of piperidine rings is 1. The number of aliphatic carboxylic acids is 1. The topological polar surface area (TPSA) is 69.6 Å². The van der Waals surface area contributed by atoms with E-state index in [4.69, 9.17) is 5.11 Å². The van der Waals surface area contributed by atoms with Crippen molar-refractivity contribution >= 4 is 11.9 Å². The van der Waals surface area contributed by atoms with Crippen LogP contribution >= 0.6 is 0 Å². The largest absolute Gasteiger partial charge is 0.480 e. The lowest BCUT2D eigenvalue weighted by Gasteiger charge is -2.26. The number of rotatable bonds is 6. The average Bonchev–Trinajstić information content (AvgIpc) is 2.37. The maximum Gasteiger partial charge on any atom is 0.326 e. The van der Waals surface area contributed by atoms with Gasteiger partial charge < -0.3 is 15.3 Å². The minimum Gasteiger partial charge on any atom is -0.480 e. The summed E-state index contributed by atoms with van der Waals surface area (Å²) in [6.45, 7) is 3.85. The number of amides is 1. The minimum absolute atomic E-state index is 0.0530. The van der Waals surface area contributed by atoms with E-state index in [9.17, 15) is 9.59 Å². The Balaban J connectivity index is 2.36. The number of carboxylic acid groups (broad SMARTS) is 1. The van der Waals surface area contributed by atoms with Gasteiger partial charge in [0.25, 0.3) is 0 Å². The monoisotopic (exact) mass is 256 g/mol. The Morgan fingerprint density at radius 3 is 2.50 bits per heavy atom. The number of carbonyl (C=O) groups is 2. The van der Waals surface area contributed by atoms with E-state index in [0.717, 1.165) is 32.4 Å². The molecule has 1 saturated heterocycles. The first-order valence-corrected chi connectivity index (χ1v) is 6.75. The molecule has 1 aliphatic heterocycles. The van der Waals surface area contributed by atoms with Crippen molar-refractivity contribution in [2.75, 3.05) is 20.1 Å². The van der Waals surface area contributed by atoms with Crippen LogP contribution in [-0.2, 0) is 9.59 Å². The molecule has 0 radical (unpaired) electrons. The van der Waals surface area contributed by atoms with Gasteiger partial charge in [-0.3, -0.25) is 4.79 Å². The Bertz CT molecular complexity index is 288. The molecule has 0 aromatic heterocycles. The van der Waals surface area contributed by atoms with Crippen LogP contribution in [0, 0.1) is 5.92 Å². The van der Waals surface area contributed by atoms with Crippen molar-refractivity contribution in [1.29, 1.82) is 0 Å². The van der Waals surface area contributed by atoms with Crippen LogP contribution in [0.2, 0.25) is 0 Å². The highest BCUT2D eigenvalue weighted by molar-refractivity contribution is 5.83. The van der Waals surface area contributed by atoms with Crippen molar-refractivity contribution < 1.29 is 14.7 Å². The van der Waals surface area contributed by atoms with Gasteiger partial charge in [0.2, 0.25) is 5.91 Å². The predicted octanol–water partition coefficient (Wildman–Crippen LogP) is 1.09. The van der Waals surface area contributed by atoms with E-state index in [2.05, 4.69) is 5.32 Å². The first-order chi connectivity index (χ1) is 8.56. The van der Waals surface area contributed by atoms with E-state index >= 15 is 0 Å². The fourth-order valence-corrected chi connectivity index (χ4v) is 2.46. The summed E-state index contributed by atoms with van der Waals surface area (Å²) in [5.74, 6) is -0.369. The maximum atomic E-state index is 11.9. The third-order valence-corrected chi connectivity index (χ3v) is 3.76. The smallest absolute Gasteiger partial charge is 0.326 e. The summed E-state index contributed by atoms with van der Waals surface area (Å²) >= 11 is 0. The van der Waals surface area contributed by atoms with Crippen LogP contribution in [0.3, 0.4) is 0 Å². The normalized spacial score (nSPS) is 18.3. The molecule has 0 aromatic carbocycles.